The van der Waals surface area contributed by atoms with E-state index < -0.39 is 0 Å². The van der Waals surface area contributed by atoms with E-state index in [1.54, 1.807) is 28.9 Å². The van der Waals surface area contributed by atoms with Gasteiger partial charge in [-0.2, -0.15) is 5.26 Å². The van der Waals surface area contributed by atoms with Gasteiger partial charge in [-0.1, -0.05) is 6.58 Å². The predicted molar refractivity (Wildman–Crippen MR) is 60.6 cm³/mol. The molecule has 0 aromatic carbocycles. The van der Waals surface area contributed by atoms with E-state index in [0.29, 0.717) is 17.9 Å². The Balaban J connectivity index is 2.54. The summed E-state index contributed by atoms with van der Waals surface area (Å²) in [5, 5.41) is 8.83. The van der Waals surface area contributed by atoms with Crippen LogP contribution in [-0.2, 0) is 4.74 Å². The molecule has 0 spiro atoms. The third-order valence-corrected chi connectivity index (χ3v) is 2.24. The number of hydrogen-bond donors (Lipinski definition) is 0. The maximum absolute atomic E-state index is 8.83. The molecule has 0 saturated carbocycles. The normalized spacial score (nSPS) is 10.0. The van der Waals surface area contributed by atoms with Crippen LogP contribution in [0.25, 0.3) is 11.4 Å². The highest BCUT2D eigenvalue weighted by atomic mass is 16.5. The topological polar surface area (TPSA) is 50.3 Å². The van der Waals surface area contributed by atoms with Crippen LogP contribution in [0.2, 0.25) is 0 Å². The monoisotopic (exact) mass is 213 g/mol. The van der Waals surface area contributed by atoms with Gasteiger partial charge in [-0.25, -0.2) is 4.98 Å². The summed E-state index contributed by atoms with van der Waals surface area (Å²) in [6, 6.07) is 5.61. The minimum Gasteiger partial charge on any atom is -0.492 e. The molecule has 0 fully saturated rings. The molecular weight excluding hydrogens is 202 g/mol. The Morgan fingerprint density at radius 3 is 3.12 bits per heavy atom. The van der Waals surface area contributed by atoms with E-state index in [-0.39, 0.29) is 0 Å². The third-order valence-electron chi connectivity index (χ3n) is 2.24. The minimum atomic E-state index is 0.560. The molecular formula is C12H11N3O. The van der Waals surface area contributed by atoms with Gasteiger partial charge in [-0.05, 0) is 19.1 Å². The second kappa shape index (κ2) is 4.07. The van der Waals surface area contributed by atoms with Crippen molar-refractivity contribution in [2.75, 3.05) is 6.61 Å². The molecule has 4 nitrogen and oxygen atoms in total. The van der Waals surface area contributed by atoms with E-state index in [9.17, 15) is 0 Å². The maximum atomic E-state index is 8.83. The second-order valence-electron chi connectivity index (χ2n) is 3.26. The van der Waals surface area contributed by atoms with Crippen LogP contribution in [0.3, 0.4) is 0 Å². The van der Waals surface area contributed by atoms with E-state index >= 15 is 0 Å². The van der Waals surface area contributed by atoms with Crippen molar-refractivity contribution in [1.82, 2.24) is 9.38 Å². The van der Waals surface area contributed by atoms with Crippen molar-refractivity contribution in [1.29, 1.82) is 5.26 Å². The van der Waals surface area contributed by atoms with E-state index in [1.807, 2.05) is 6.92 Å². The fourth-order valence-electron chi connectivity index (χ4n) is 1.50. The van der Waals surface area contributed by atoms with Crippen LogP contribution < -0.4 is 0 Å². The number of nitriles is 1. The Morgan fingerprint density at radius 2 is 2.44 bits per heavy atom. The van der Waals surface area contributed by atoms with Crippen LogP contribution in [0.15, 0.2) is 31.1 Å². The van der Waals surface area contributed by atoms with Gasteiger partial charge in [0.1, 0.15) is 23.2 Å². The van der Waals surface area contributed by atoms with Crippen molar-refractivity contribution in [3.63, 3.8) is 0 Å². The highest BCUT2D eigenvalue weighted by Crippen LogP contribution is 2.16. The number of pyridine rings is 1. The Hall–Kier alpha value is -2.28. The van der Waals surface area contributed by atoms with Gasteiger partial charge in [0.05, 0.1) is 18.4 Å². The van der Waals surface area contributed by atoms with Crippen molar-refractivity contribution in [3.8, 4) is 6.07 Å². The van der Waals surface area contributed by atoms with E-state index in [2.05, 4.69) is 17.6 Å². The van der Waals surface area contributed by atoms with Crippen molar-refractivity contribution >= 4 is 11.4 Å². The second-order valence-corrected chi connectivity index (χ2v) is 3.26. The molecule has 0 atom stereocenters. The minimum absolute atomic E-state index is 0.560. The molecule has 0 N–H and O–H groups in total. The van der Waals surface area contributed by atoms with Gasteiger partial charge in [0, 0.05) is 6.20 Å². The van der Waals surface area contributed by atoms with E-state index in [0.717, 1.165) is 11.3 Å². The molecule has 0 aliphatic carbocycles. The molecule has 0 amide bonds. The molecule has 0 aliphatic heterocycles. The highest BCUT2D eigenvalue weighted by molar-refractivity contribution is 5.59. The standard InChI is InChI=1S/C12H11N3O/c1-3-16-9(2)11-7-14-12-5-4-10(6-13)8-15(11)12/h4-5,7-8H,2-3H2,1H3. The Bertz CT molecular complexity index is 577. The van der Waals surface area contributed by atoms with Crippen LogP contribution in [0.5, 0.6) is 0 Å². The largest absolute Gasteiger partial charge is 0.492 e. The van der Waals surface area contributed by atoms with Crippen molar-refractivity contribution in [2.45, 2.75) is 6.92 Å². The van der Waals surface area contributed by atoms with Gasteiger partial charge in [0.25, 0.3) is 0 Å². The first kappa shape index (κ1) is 10.2. The molecule has 0 radical (unpaired) electrons. The fourth-order valence-corrected chi connectivity index (χ4v) is 1.50. The number of fused-ring (bicyclic) bond motifs is 1. The first-order valence-corrected chi connectivity index (χ1v) is 4.95. The first-order valence-electron chi connectivity index (χ1n) is 4.95. The summed E-state index contributed by atoms with van der Waals surface area (Å²) in [6.07, 6.45) is 3.41. The maximum Gasteiger partial charge on any atom is 0.137 e. The molecule has 0 saturated heterocycles. The number of imidazole rings is 1. The summed E-state index contributed by atoms with van der Waals surface area (Å²) < 4.78 is 7.13. The Labute approximate surface area is 93.4 Å². The van der Waals surface area contributed by atoms with Crippen LogP contribution in [0.4, 0.5) is 0 Å². The van der Waals surface area contributed by atoms with Gasteiger partial charge in [0.15, 0.2) is 0 Å². The number of aromatic nitrogens is 2. The van der Waals surface area contributed by atoms with Crippen LogP contribution in [0.1, 0.15) is 18.2 Å². The number of ether oxygens (including phenoxy) is 1. The predicted octanol–water partition coefficient (Wildman–Crippen LogP) is 2.21. The van der Waals surface area contributed by atoms with Gasteiger partial charge >= 0.3 is 0 Å². The first-order chi connectivity index (χ1) is 7.76. The molecule has 0 bridgehead atoms. The molecule has 4 heteroatoms. The quantitative estimate of drug-likeness (QED) is 0.734. The lowest BCUT2D eigenvalue weighted by molar-refractivity contribution is 0.297. The van der Waals surface area contributed by atoms with Crippen molar-refractivity contribution < 1.29 is 4.74 Å². The molecule has 2 aromatic heterocycles. The van der Waals surface area contributed by atoms with Gasteiger partial charge in [0.2, 0.25) is 0 Å². The summed E-state index contributed by atoms with van der Waals surface area (Å²) >= 11 is 0. The third kappa shape index (κ3) is 1.63. The summed E-state index contributed by atoms with van der Waals surface area (Å²) in [5.41, 5.74) is 2.12. The summed E-state index contributed by atoms with van der Waals surface area (Å²) in [4.78, 5) is 4.21. The highest BCUT2D eigenvalue weighted by Gasteiger charge is 2.07. The average Bonchev–Trinajstić information content (AvgIpc) is 2.71. The summed E-state index contributed by atoms with van der Waals surface area (Å²) in [5.74, 6) is 0.560. The lowest BCUT2D eigenvalue weighted by atomic mass is 10.3. The van der Waals surface area contributed by atoms with Crippen molar-refractivity contribution in [3.05, 3.63) is 42.4 Å². The Morgan fingerprint density at radius 1 is 1.62 bits per heavy atom. The number of rotatable bonds is 3. The zero-order valence-electron chi connectivity index (χ0n) is 8.97. The van der Waals surface area contributed by atoms with Gasteiger partial charge in [-0.3, -0.25) is 4.40 Å². The fraction of sp³-hybridized carbons (Fsp3) is 0.167. The average molecular weight is 213 g/mol. The molecule has 16 heavy (non-hydrogen) atoms. The SMILES string of the molecule is C=C(OCC)c1cnc2ccc(C#N)cn12. The van der Waals surface area contributed by atoms with Crippen LogP contribution in [-0.4, -0.2) is 16.0 Å². The Kier molecular flexibility index (Phi) is 2.61. The van der Waals surface area contributed by atoms with Crippen LogP contribution >= 0.6 is 0 Å². The zero-order valence-corrected chi connectivity index (χ0v) is 8.97. The zero-order chi connectivity index (χ0) is 11.5. The smallest absolute Gasteiger partial charge is 0.137 e. The molecule has 2 rings (SSSR count). The molecule has 0 aliphatic rings. The van der Waals surface area contributed by atoms with Gasteiger partial charge in [-0.15, -0.1) is 0 Å². The molecule has 2 heterocycles. The lowest BCUT2D eigenvalue weighted by Crippen LogP contribution is -1.96. The number of nitrogens with zero attached hydrogens (tertiary/aromatic N) is 3. The van der Waals surface area contributed by atoms with Gasteiger partial charge < -0.3 is 4.74 Å². The van der Waals surface area contributed by atoms with Crippen LogP contribution in [0, 0.1) is 11.3 Å². The van der Waals surface area contributed by atoms with E-state index in [1.165, 1.54) is 0 Å². The lowest BCUT2D eigenvalue weighted by Gasteiger charge is -2.06. The number of hydrogen-bond acceptors (Lipinski definition) is 3. The molecule has 80 valence electrons. The van der Waals surface area contributed by atoms with Crippen molar-refractivity contribution in [2.24, 2.45) is 0 Å². The van der Waals surface area contributed by atoms with E-state index in [4.69, 9.17) is 10.00 Å². The summed E-state index contributed by atoms with van der Waals surface area (Å²) in [7, 11) is 0. The summed E-state index contributed by atoms with van der Waals surface area (Å²) in [6.45, 7) is 6.28. The molecule has 0 unspecified atom stereocenters. The molecule has 2 aromatic rings.